The Morgan fingerprint density at radius 2 is 1.84 bits per heavy atom. The van der Waals surface area contributed by atoms with Gasteiger partial charge in [0.25, 0.3) is 0 Å². The summed E-state index contributed by atoms with van der Waals surface area (Å²) in [5.41, 5.74) is 2.10. The van der Waals surface area contributed by atoms with Crippen LogP contribution in [-0.2, 0) is 21.2 Å². The highest BCUT2D eigenvalue weighted by Gasteiger charge is 2.25. The van der Waals surface area contributed by atoms with Gasteiger partial charge in [0.15, 0.2) is 0 Å². The fourth-order valence-corrected chi connectivity index (χ4v) is 5.56. The summed E-state index contributed by atoms with van der Waals surface area (Å²) in [4.78, 5) is 12.8. The molecule has 1 N–H and O–H groups in total. The Labute approximate surface area is 191 Å². The lowest BCUT2D eigenvalue weighted by Crippen LogP contribution is -2.35. The minimum atomic E-state index is -3.48. The Bertz CT molecular complexity index is 1190. The van der Waals surface area contributed by atoms with Crippen LogP contribution in [0.1, 0.15) is 24.8 Å². The molecule has 0 atom stereocenters. The van der Waals surface area contributed by atoms with E-state index >= 15 is 0 Å². The maximum Gasteiger partial charge on any atom is 0.243 e. The molecule has 32 heavy (non-hydrogen) atoms. The van der Waals surface area contributed by atoms with Crippen LogP contribution in [-0.4, -0.2) is 58.2 Å². The van der Waals surface area contributed by atoms with E-state index in [1.165, 1.54) is 16.1 Å². The number of benzene rings is 2. The van der Waals surface area contributed by atoms with Crippen molar-refractivity contribution in [3.8, 4) is 5.69 Å². The van der Waals surface area contributed by atoms with Crippen molar-refractivity contribution in [1.29, 1.82) is 0 Å². The number of piperidine rings is 1. The third-order valence-corrected chi connectivity index (χ3v) is 7.77. The Hall–Kier alpha value is -2.76. The van der Waals surface area contributed by atoms with E-state index in [0.29, 0.717) is 23.9 Å². The monoisotopic (exact) mass is 472 g/mol. The van der Waals surface area contributed by atoms with E-state index < -0.39 is 10.0 Å². The lowest BCUT2D eigenvalue weighted by molar-refractivity contribution is -0.115. The van der Waals surface area contributed by atoms with Crippen molar-refractivity contribution in [2.75, 3.05) is 24.7 Å². The lowest BCUT2D eigenvalue weighted by Gasteiger charge is -2.25. The van der Waals surface area contributed by atoms with Crippen LogP contribution in [0.25, 0.3) is 5.69 Å². The Kier molecular flexibility index (Phi) is 6.87. The number of hydrogen-bond acceptors (Lipinski definition) is 7. The van der Waals surface area contributed by atoms with Crippen molar-refractivity contribution in [2.45, 2.75) is 35.7 Å². The number of carbonyl (C=O) groups is 1. The highest BCUT2D eigenvalue weighted by molar-refractivity contribution is 7.98. The van der Waals surface area contributed by atoms with Gasteiger partial charge in [-0.3, -0.25) is 4.79 Å². The number of anilines is 1. The summed E-state index contributed by atoms with van der Waals surface area (Å²) in [6.07, 6.45) is 4.87. The number of carbonyl (C=O) groups excluding carboxylic acids is 1. The van der Waals surface area contributed by atoms with Crippen molar-refractivity contribution in [3.05, 3.63) is 54.1 Å². The van der Waals surface area contributed by atoms with Gasteiger partial charge in [-0.15, -0.1) is 5.10 Å². The predicted octanol–water partition coefficient (Wildman–Crippen LogP) is 2.74. The molecular formula is C21H24N6O3S2. The number of amides is 1. The molecule has 1 saturated heterocycles. The number of aromatic nitrogens is 4. The summed E-state index contributed by atoms with van der Waals surface area (Å²) in [5.74, 6) is -0.199. The fraction of sp³-hybridized carbons (Fsp3) is 0.333. The average molecular weight is 473 g/mol. The largest absolute Gasteiger partial charge is 0.326 e. The standard InChI is InChI=1S/C21H24N6O3S2/c1-31-21-23-24-25-27(21)18-7-5-6-17(15-18)22-20(28)14-16-8-10-19(11-9-16)32(29,30)26-12-3-2-4-13-26/h5-11,15H,2-4,12-14H2,1H3,(H,22,28). The molecule has 1 fully saturated rings. The van der Waals surface area contributed by atoms with E-state index in [1.807, 2.05) is 18.4 Å². The van der Waals surface area contributed by atoms with Crippen LogP contribution in [0.4, 0.5) is 5.69 Å². The van der Waals surface area contributed by atoms with Crippen molar-refractivity contribution in [2.24, 2.45) is 0 Å². The second-order valence-corrected chi connectivity index (χ2v) is 10.2. The van der Waals surface area contributed by atoms with E-state index in [1.54, 1.807) is 41.1 Å². The lowest BCUT2D eigenvalue weighted by atomic mass is 10.1. The normalized spacial score (nSPS) is 14.9. The molecule has 1 aromatic heterocycles. The summed E-state index contributed by atoms with van der Waals surface area (Å²) in [5, 5.41) is 15.1. The number of tetrazole rings is 1. The number of rotatable bonds is 7. The summed E-state index contributed by atoms with van der Waals surface area (Å²) in [6.45, 7) is 1.13. The van der Waals surface area contributed by atoms with Crippen LogP contribution < -0.4 is 5.32 Å². The molecule has 9 nitrogen and oxygen atoms in total. The second-order valence-electron chi connectivity index (χ2n) is 7.46. The number of sulfonamides is 1. The first-order valence-corrected chi connectivity index (χ1v) is 13.0. The fourth-order valence-electron chi connectivity index (χ4n) is 3.61. The van der Waals surface area contributed by atoms with Gasteiger partial charge in [-0.05, 0) is 65.4 Å². The molecule has 0 aliphatic carbocycles. The van der Waals surface area contributed by atoms with Crippen LogP contribution in [0.2, 0.25) is 0 Å². The maximum atomic E-state index is 12.8. The minimum absolute atomic E-state index is 0.134. The molecule has 1 aliphatic rings. The molecule has 0 spiro atoms. The van der Waals surface area contributed by atoms with E-state index in [0.717, 1.165) is 30.5 Å². The van der Waals surface area contributed by atoms with Gasteiger partial charge in [-0.2, -0.15) is 8.99 Å². The Morgan fingerprint density at radius 3 is 2.56 bits per heavy atom. The molecule has 1 aliphatic heterocycles. The van der Waals surface area contributed by atoms with Gasteiger partial charge in [-0.1, -0.05) is 36.4 Å². The summed E-state index contributed by atoms with van der Waals surface area (Å²) >= 11 is 1.42. The van der Waals surface area contributed by atoms with Gasteiger partial charge in [-0.25, -0.2) is 8.42 Å². The molecule has 1 amide bonds. The minimum Gasteiger partial charge on any atom is -0.326 e. The molecule has 2 heterocycles. The van der Waals surface area contributed by atoms with Crippen molar-refractivity contribution in [3.63, 3.8) is 0 Å². The van der Waals surface area contributed by atoms with Crippen molar-refractivity contribution >= 4 is 33.4 Å². The quantitative estimate of drug-likeness (QED) is 0.527. The van der Waals surface area contributed by atoms with Crippen molar-refractivity contribution in [1.82, 2.24) is 24.5 Å². The number of nitrogens with one attached hydrogen (secondary N) is 1. The second kappa shape index (κ2) is 9.80. The van der Waals surface area contributed by atoms with Crippen LogP contribution in [0, 0.1) is 0 Å². The molecule has 0 unspecified atom stereocenters. The van der Waals surface area contributed by atoms with Gasteiger partial charge in [0.1, 0.15) is 0 Å². The Morgan fingerprint density at radius 1 is 1.09 bits per heavy atom. The first-order chi connectivity index (χ1) is 15.5. The SMILES string of the molecule is CSc1nnnn1-c1cccc(NC(=O)Cc2ccc(S(=O)(=O)N3CCCCC3)cc2)c1. The number of thioether (sulfide) groups is 1. The zero-order valence-corrected chi connectivity index (χ0v) is 19.3. The van der Waals surface area contributed by atoms with E-state index in [2.05, 4.69) is 20.8 Å². The molecular weight excluding hydrogens is 448 g/mol. The highest BCUT2D eigenvalue weighted by Crippen LogP contribution is 2.22. The molecule has 11 heteroatoms. The predicted molar refractivity (Wildman–Crippen MR) is 122 cm³/mol. The molecule has 0 saturated carbocycles. The van der Waals surface area contributed by atoms with Gasteiger partial charge < -0.3 is 5.32 Å². The van der Waals surface area contributed by atoms with Crippen molar-refractivity contribution < 1.29 is 13.2 Å². The van der Waals surface area contributed by atoms with Crippen LogP contribution in [0.15, 0.2) is 58.6 Å². The third kappa shape index (κ3) is 5.00. The molecule has 168 valence electrons. The van der Waals surface area contributed by atoms with E-state index in [4.69, 9.17) is 0 Å². The third-order valence-electron chi connectivity index (χ3n) is 5.24. The van der Waals surface area contributed by atoms with Crippen LogP contribution >= 0.6 is 11.8 Å². The summed E-state index contributed by atoms with van der Waals surface area (Å²) < 4.78 is 28.7. The topological polar surface area (TPSA) is 110 Å². The average Bonchev–Trinajstić information content (AvgIpc) is 3.29. The van der Waals surface area contributed by atoms with E-state index in [9.17, 15) is 13.2 Å². The van der Waals surface area contributed by atoms with Gasteiger partial charge in [0.05, 0.1) is 17.0 Å². The summed E-state index contributed by atoms with van der Waals surface area (Å²) in [6, 6.07) is 13.8. The number of nitrogens with zero attached hydrogens (tertiary/aromatic N) is 5. The van der Waals surface area contributed by atoms with Gasteiger partial charge in [0, 0.05) is 18.8 Å². The van der Waals surface area contributed by atoms with Crippen LogP contribution in [0.3, 0.4) is 0 Å². The molecule has 3 aromatic rings. The first-order valence-electron chi connectivity index (χ1n) is 10.3. The maximum absolute atomic E-state index is 12.8. The molecule has 2 aromatic carbocycles. The first kappa shape index (κ1) is 22.4. The van der Waals surface area contributed by atoms with E-state index in [-0.39, 0.29) is 17.2 Å². The van der Waals surface area contributed by atoms with Gasteiger partial charge in [0.2, 0.25) is 21.1 Å². The zero-order valence-electron chi connectivity index (χ0n) is 17.6. The smallest absolute Gasteiger partial charge is 0.243 e. The molecule has 0 bridgehead atoms. The highest BCUT2D eigenvalue weighted by atomic mass is 32.2. The molecule has 4 rings (SSSR count). The summed E-state index contributed by atoms with van der Waals surface area (Å²) in [7, 11) is -3.48. The number of hydrogen-bond donors (Lipinski definition) is 1. The van der Waals surface area contributed by atoms with Crippen LogP contribution in [0.5, 0.6) is 0 Å². The van der Waals surface area contributed by atoms with Gasteiger partial charge >= 0.3 is 0 Å². The zero-order chi connectivity index (χ0) is 22.6. The Balaban J connectivity index is 1.41. The molecule has 0 radical (unpaired) electrons.